The number of hydrogen-bond acceptors (Lipinski definition) is 2. The molecule has 0 bridgehead atoms. The second kappa shape index (κ2) is 2.36. The van der Waals surface area contributed by atoms with Crippen LogP contribution in [0.4, 0.5) is 0 Å². The Hall–Kier alpha value is -1.35. The predicted octanol–water partition coefficient (Wildman–Crippen LogP) is 0.827. The molecule has 0 fully saturated rings. The SMILES string of the molecule is OCc1cccc2ccnn12. The van der Waals surface area contributed by atoms with Crippen LogP contribution in [0.2, 0.25) is 0 Å². The Balaban J connectivity index is 2.79. The molecule has 0 saturated carbocycles. The summed E-state index contributed by atoms with van der Waals surface area (Å²) in [7, 11) is 0. The molecule has 0 aliphatic heterocycles. The molecule has 0 aliphatic carbocycles. The summed E-state index contributed by atoms with van der Waals surface area (Å²) in [4.78, 5) is 0. The van der Waals surface area contributed by atoms with Crippen LogP contribution in [0, 0.1) is 0 Å². The summed E-state index contributed by atoms with van der Waals surface area (Å²) in [6, 6.07) is 7.61. The van der Waals surface area contributed by atoms with Crippen LogP contribution in [0.3, 0.4) is 0 Å². The van der Waals surface area contributed by atoms with Crippen molar-refractivity contribution < 1.29 is 5.11 Å². The lowest BCUT2D eigenvalue weighted by Gasteiger charge is -1.98. The molecule has 2 heterocycles. The van der Waals surface area contributed by atoms with Crippen LogP contribution in [0.1, 0.15) is 5.69 Å². The molecule has 0 atom stereocenters. The highest BCUT2D eigenvalue weighted by molar-refractivity contribution is 5.45. The van der Waals surface area contributed by atoms with Gasteiger partial charge in [0.15, 0.2) is 0 Å². The molecule has 0 saturated heterocycles. The molecule has 0 aliphatic rings. The fraction of sp³-hybridized carbons (Fsp3) is 0.125. The average Bonchev–Trinajstić information content (AvgIpc) is 2.50. The lowest BCUT2D eigenvalue weighted by Crippen LogP contribution is -1.96. The second-order valence-corrected chi connectivity index (χ2v) is 2.34. The molecule has 2 rings (SSSR count). The fourth-order valence-electron chi connectivity index (χ4n) is 1.13. The summed E-state index contributed by atoms with van der Waals surface area (Å²) >= 11 is 0. The van der Waals surface area contributed by atoms with Crippen molar-refractivity contribution in [2.45, 2.75) is 6.61 Å². The van der Waals surface area contributed by atoms with Gasteiger partial charge in [0.2, 0.25) is 0 Å². The maximum atomic E-state index is 8.89. The predicted molar refractivity (Wildman–Crippen MR) is 41.1 cm³/mol. The normalized spacial score (nSPS) is 10.6. The van der Waals surface area contributed by atoms with Gasteiger partial charge in [0.25, 0.3) is 0 Å². The monoisotopic (exact) mass is 148 g/mol. The van der Waals surface area contributed by atoms with Crippen molar-refractivity contribution in [1.29, 1.82) is 0 Å². The number of fused-ring (bicyclic) bond motifs is 1. The smallest absolute Gasteiger partial charge is 0.0853 e. The summed E-state index contributed by atoms with van der Waals surface area (Å²) in [5.41, 5.74) is 1.82. The zero-order valence-corrected chi connectivity index (χ0v) is 5.94. The zero-order chi connectivity index (χ0) is 7.68. The summed E-state index contributed by atoms with van der Waals surface area (Å²) in [6.45, 7) is 0.0268. The Morgan fingerprint density at radius 3 is 3.09 bits per heavy atom. The maximum Gasteiger partial charge on any atom is 0.0853 e. The van der Waals surface area contributed by atoms with Crippen molar-refractivity contribution in [2.75, 3.05) is 0 Å². The molecule has 2 aromatic heterocycles. The number of pyridine rings is 1. The quantitative estimate of drug-likeness (QED) is 0.650. The number of hydrogen-bond donors (Lipinski definition) is 1. The van der Waals surface area contributed by atoms with E-state index in [0.29, 0.717) is 0 Å². The van der Waals surface area contributed by atoms with Gasteiger partial charge in [-0.3, -0.25) is 0 Å². The number of rotatable bonds is 1. The third kappa shape index (κ3) is 0.897. The second-order valence-electron chi connectivity index (χ2n) is 2.34. The number of aliphatic hydroxyl groups is 1. The van der Waals surface area contributed by atoms with Crippen LogP contribution in [-0.4, -0.2) is 14.7 Å². The minimum atomic E-state index is 0.0268. The third-order valence-electron chi connectivity index (χ3n) is 1.66. The molecular weight excluding hydrogens is 140 g/mol. The van der Waals surface area contributed by atoms with E-state index in [-0.39, 0.29) is 6.61 Å². The minimum absolute atomic E-state index is 0.0268. The molecular formula is C8H8N2O. The van der Waals surface area contributed by atoms with Crippen molar-refractivity contribution in [2.24, 2.45) is 0 Å². The molecule has 0 spiro atoms. The van der Waals surface area contributed by atoms with Gasteiger partial charge in [-0.25, -0.2) is 4.52 Å². The van der Waals surface area contributed by atoms with Crippen molar-refractivity contribution in [3.63, 3.8) is 0 Å². The van der Waals surface area contributed by atoms with Gasteiger partial charge < -0.3 is 5.11 Å². The largest absolute Gasteiger partial charge is 0.390 e. The van der Waals surface area contributed by atoms with Gasteiger partial charge in [0, 0.05) is 6.20 Å². The maximum absolute atomic E-state index is 8.89. The van der Waals surface area contributed by atoms with E-state index in [9.17, 15) is 0 Å². The Bertz CT molecular complexity index is 367. The Morgan fingerprint density at radius 1 is 1.36 bits per heavy atom. The molecule has 0 unspecified atom stereocenters. The van der Waals surface area contributed by atoms with E-state index in [1.807, 2.05) is 24.3 Å². The first-order valence-corrected chi connectivity index (χ1v) is 3.44. The minimum Gasteiger partial charge on any atom is -0.390 e. The Labute approximate surface area is 63.9 Å². The molecule has 0 amide bonds. The van der Waals surface area contributed by atoms with Gasteiger partial charge >= 0.3 is 0 Å². The molecule has 11 heavy (non-hydrogen) atoms. The van der Waals surface area contributed by atoms with Gasteiger partial charge in [-0.05, 0) is 18.2 Å². The average molecular weight is 148 g/mol. The van der Waals surface area contributed by atoms with E-state index in [0.717, 1.165) is 11.2 Å². The van der Waals surface area contributed by atoms with Crippen LogP contribution in [0.25, 0.3) is 5.52 Å². The van der Waals surface area contributed by atoms with E-state index in [1.54, 1.807) is 10.7 Å². The van der Waals surface area contributed by atoms with Crippen molar-refractivity contribution >= 4 is 5.52 Å². The molecule has 2 aromatic rings. The summed E-state index contributed by atoms with van der Waals surface area (Å²) in [5, 5.41) is 12.9. The lowest BCUT2D eigenvalue weighted by atomic mass is 10.3. The fourth-order valence-corrected chi connectivity index (χ4v) is 1.13. The zero-order valence-electron chi connectivity index (χ0n) is 5.94. The van der Waals surface area contributed by atoms with Crippen LogP contribution in [0.15, 0.2) is 30.5 Å². The van der Waals surface area contributed by atoms with Gasteiger partial charge in [0.1, 0.15) is 0 Å². The highest BCUT2D eigenvalue weighted by Crippen LogP contribution is 2.05. The van der Waals surface area contributed by atoms with Crippen molar-refractivity contribution in [3.8, 4) is 0 Å². The van der Waals surface area contributed by atoms with Crippen LogP contribution in [0.5, 0.6) is 0 Å². The van der Waals surface area contributed by atoms with E-state index >= 15 is 0 Å². The summed E-state index contributed by atoms with van der Waals surface area (Å²) in [5.74, 6) is 0. The third-order valence-corrected chi connectivity index (χ3v) is 1.66. The molecule has 56 valence electrons. The van der Waals surface area contributed by atoms with Gasteiger partial charge in [-0.15, -0.1) is 0 Å². The molecule has 3 heteroatoms. The summed E-state index contributed by atoms with van der Waals surface area (Å²) in [6.07, 6.45) is 1.72. The standard InChI is InChI=1S/C8H8N2O/c11-6-8-3-1-2-7-4-5-9-10(7)8/h1-5,11H,6H2. The van der Waals surface area contributed by atoms with E-state index in [4.69, 9.17) is 5.11 Å². The first-order chi connectivity index (χ1) is 5.42. The first kappa shape index (κ1) is 6.37. The van der Waals surface area contributed by atoms with Gasteiger partial charge in [-0.2, -0.15) is 5.10 Å². The molecule has 0 aromatic carbocycles. The first-order valence-electron chi connectivity index (χ1n) is 3.44. The molecule has 1 N–H and O–H groups in total. The number of nitrogens with zero attached hydrogens (tertiary/aromatic N) is 2. The van der Waals surface area contributed by atoms with Gasteiger partial charge in [-0.1, -0.05) is 6.07 Å². The molecule has 0 radical (unpaired) electrons. The van der Waals surface area contributed by atoms with Gasteiger partial charge in [0.05, 0.1) is 17.8 Å². The summed E-state index contributed by atoms with van der Waals surface area (Å²) < 4.78 is 1.72. The van der Waals surface area contributed by atoms with E-state index in [1.165, 1.54) is 0 Å². The highest BCUT2D eigenvalue weighted by atomic mass is 16.3. The number of aliphatic hydroxyl groups excluding tert-OH is 1. The number of aromatic nitrogens is 2. The Kier molecular flexibility index (Phi) is 1.36. The van der Waals surface area contributed by atoms with Crippen molar-refractivity contribution in [1.82, 2.24) is 9.61 Å². The van der Waals surface area contributed by atoms with Crippen molar-refractivity contribution in [3.05, 3.63) is 36.2 Å². The lowest BCUT2D eigenvalue weighted by molar-refractivity contribution is 0.273. The van der Waals surface area contributed by atoms with E-state index in [2.05, 4.69) is 5.10 Å². The molecule has 3 nitrogen and oxygen atoms in total. The Morgan fingerprint density at radius 2 is 2.27 bits per heavy atom. The van der Waals surface area contributed by atoms with E-state index < -0.39 is 0 Å². The topological polar surface area (TPSA) is 37.5 Å². The van der Waals surface area contributed by atoms with Crippen LogP contribution in [-0.2, 0) is 6.61 Å². The van der Waals surface area contributed by atoms with Crippen LogP contribution < -0.4 is 0 Å². The van der Waals surface area contributed by atoms with Crippen LogP contribution >= 0.6 is 0 Å². The highest BCUT2D eigenvalue weighted by Gasteiger charge is 1.96.